The highest BCUT2D eigenvalue weighted by Crippen LogP contribution is 2.24. The minimum Gasteiger partial charge on any atom is -0.497 e. The topological polar surface area (TPSA) is 79.1 Å². The van der Waals surface area contributed by atoms with Gasteiger partial charge in [-0.25, -0.2) is 9.78 Å². The second-order valence-electron chi connectivity index (χ2n) is 5.30. The molecule has 0 atom stereocenters. The minimum atomic E-state index is -0.612. The number of methoxy groups -OCH3 is 2. The van der Waals surface area contributed by atoms with E-state index in [2.05, 4.69) is 4.98 Å². The second-order valence-corrected chi connectivity index (χ2v) is 5.74. The lowest BCUT2D eigenvalue weighted by atomic mass is 10.2. The van der Waals surface area contributed by atoms with Crippen molar-refractivity contribution in [2.45, 2.75) is 6.61 Å². The molecule has 0 saturated carbocycles. The van der Waals surface area contributed by atoms with Crippen LogP contribution >= 0.6 is 11.6 Å². The first-order valence-corrected chi connectivity index (χ1v) is 7.96. The van der Waals surface area contributed by atoms with E-state index >= 15 is 0 Å². The van der Waals surface area contributed by atoms with E-state index in [0.29, 0.717) is 27.9 Å². The van der Waals surface area contributed by atoms with Gasteiger partial charge in [0.2, 0.25) is 0 Å². The van der Waals surface area contributed by atoms with E-state index in [1.807, 2.05) is 0 Å². The molecule has 3 aromatic rings. The Morgan fingerprint density at radius 2 is 1.96 bits per heavy atom. The Labute approximate surface area is 153 Å². The summed E-state index contributed by atoms with van der Waals surface area (Å²) in [4.78, 5) is 28.8. The highest BCUT2D eigenvalue weighted by molar-refractivity contribution is 6.30. The number of fused-ring (bicyclic) bond motifs is 1. The van der Waals surface area contributed by atoms with Crippen LogP contribution in [0, 0.1) is 0 Å². The maximum atomic E-state index is 12.4. The molecular weight excluding hydrogens is 360 g/mol. The Morgan fingerprint density at radius 1 is 1.15 bits per heavy atom. The van der Waals surface area contributed by atoms with E-state index in [4.69, 9.17) is 25.8 Å². The standard InChI is InChI=1S/C18H15ClN2O5/c1-24-13-4-5-15(25-2)14(8-13)18(23)26-10-12-7-17(22)21-9-11(19)3-6-16(21)20-12/h3-9H,10H2,1-2H3. The van der Waals surface area contributed by atoms with Crippen LogP contribution in [0.25, 0.3) is 5.65 Å². The zero-order chi connectivity index (χ0) is 18.7. The lowest BCUT2D eigenvalue weighted by Crippen LogP contribution is -2.16. The monoisotopic (exact) mass is 374 g/mol. The number of aromatic nitrogens is 2. The van der Waals surface area contributed by atoms with Crippen molar-refractivity contribution in [3.05, 3.63) is 69.2 Å². The molecule has 0 aliphatic rings. The molecule has 0 radical (unpaired) electrons. The van der Waals surface area contributed by atoms with E-state index in [1.165, 1.54) is 36.9 Å². The van der Waals surface area contributed by atoms with Crippen LogP contribution in [0.4, 0.5) is 0 Å². The predicted octanol–water partition coefficient (Wildman–Crippen LogP) is 2.72. The lowest BCUT2D eigenvalue weighted by molar-refractivity contribution is 0.0463. The zero-order valence-electron chi connectivity index (χ0n) is 14.1. The van der Waals surface area contributed by atoms with Gasteiger partial charge in [-0.2, -0.15) is 0 Å². The van der Waals surface area contributed by atoms with Gasteiger partial charge in [-0.05, 0) is 30.3 Å². The molecule has 0 bridgehead atoms. The van der Waals surface area contributed by atoms with Gasteiger partial charge in [0.15, 0.2) is 0 Å². The maximum Gasteiger partial charge on any atom is 0.342 e. The van der Waals surface area contributed by atoms with Crippen LogP contribution in [0.2, 0.25) is 5.02 Å². The first-order valence-electron chi connectivity index (χ1n) is 7.59. The summed E-state index contributed by atoms with van der Waals surface area (Å²) in [5, 5.41) is 0.422. The third-order valence-corrected chi connectivity index (χ3v) is 3.88. The SMILES string of the molecule is COc1ccc(OC)c(C(=O)OCc2cc(=O)n3cc(Cl)ccc3n2)c1. The average molecular weight is 375 g/mol. The van der Waals surface area contributed by atoms with Crippen LogP contribution in [0.5, 0.6) is 11.5 Å². The smallest absolute Gasteiger partial charge is 0.342 e. The summed E-state index contributed by atoms with van der Waals surface area (Å²) in [5.74, 6) is 0.243. The fourth-order valence-corrected chi connectivity index (χ4v) is 2.55. The number of rotatable bonds is 5. The number of hydrogen-bond donors (Lipinski definition) is 0. The summed E-state index contributed by atoms with van der Waals surface area (Å²) in [7, 11) is 2.95. The molecule has 0 amide bonds. The molecule has 26 heavy (non-hydrogen) atoms. The van der Waals surface area contributed by atoms with Crippen molar-refractivity contribution in [1.82, 2.24) is 9.38 Å². The van der Waals surface area contributed by atoms with E-state index in [-0.39, 0.29) is 17.7 Å². The molecule has 0 N–H and O–H groups in total. The predicted molar refractivity (Wildman–Crippen MR) is 95.1 cm³/mol. The van der Waals surface area contributed by atoms with Gasteiger partial charge >= 0.3 is 5.97 Å². The molecule has 3 rings (SSSR count). The van der Waals surface area contributed by atoms with Crippen LogP contribution in [0.15, 0.2) is 47.4 Å². The molecule has 0 fully saturated rings. The van der Waals surface area contributed by atoms with E-state index in [1.54, 1.807) is 24.3 Å². The first-order chi connectivity index (χ1) is 12.5. The van der Waals surface area contributed by atoms with Gasteiger partial charge in [-0.1, -0.05) is 11.6 Å². The van der Waals surface area contributed by atoms with E-state index in [9.17, 15) is 9.59 Å². The minimum absolute atomic E-state index is 0.159. The zero-order valence-corrected chi connectivity index (χ0v) is 14.8. The Balaban J connectivity index is 1.83. The molecule has 0 aliphatic carbocycles. The third kappa shape index (κ3) is 3.62. The molecule has 134 valence electrons. The molecule has 0 spiro atoms. The normalized spacial score (nSPS) is 10.6. The first kappa shape index (κ1) is 17.8. The van der Waals surface area contributed by atoms with Gasteiger partial charge in [0, 0.05) is 12.3 Å². The van der Waals surface area contributed by atoms with Crippen molar-refractivity contribution in [2.24, 2.45) is 0 Å². The molecule has 7 nitrogen and oxygen atoms in total. The number of hydrogen-bond acceptors (Lipinski definition) is 6. The summed E-state index contributed by atoms with van der Waals surface area (Å²) < 4.78 is 16.9. The molecular formula is C18H15ClN2O5. The summed E-state index contributed by atoms with van der Waals surface area (Å²) in [6.45, 7) is -0.159. The summed E-state index contributed by atoms with van der Waals surface area (Å²) in [5.41, 5.74) is 0.637. The quantitative estimate of drug-likeness (QED) is 0.639. The number of halogens is 1. The van der Waals surface area contributed by atoms with Gasteiger partial charge < -0.3 is 14.2 Å². The third-order valence-electron chi connectivity index (χ3n) is 3.65. The van der Waals surface area contributed by atoms with Crippen LogP contribution in [0.3, 0.4) is 0 Å². The van der Waals surface area contributed by atoms with Crippen molar-refractivity contribution >= 4 is 23.2 Å². The molecule has 8 heteroatoms. The molecule has 1 aromatic carbocycles. The van der Waals surface area contributed by atoms with Crippen molar-refractivity contribution in [1.29, 1.82) is 0 Å². The molecule has 0 unspecified atom stereocenters. The number of benzene rings is 1. The molecule has 2 heterocycles. The molecule has 2 aromatic heterocycles. The maximum absolute atomic E-state index is 12.4. The number of pyridine rings is 1. The van der Waals surface area contributed by atoms with Crippen molar-refractivity contribution < 1.29 is 19.0 Å². The van der Waals surface area contributed by atoms with Crippen molar-refractivity contribution in [3.8, 4) is 11.5 Å². The largest absolute Gasteiger partial charge is 0.497 e. The molecule has 0 aliphatic heterocycles. The summed E-state index contributed by atoms with van der Waals surface area (Å²) in [6, 6.07) is 9.33. The van der Waals surface area contributed by atoms with Crippen LogP contribution in [-0.4, -0.2) is 29.6 Å². The summed E-state index contributed by atoms with van der Waals surface area (Å²) >= 11 is 5.88. The highest BCUT2D eigenvalue weighted by atomic mass is 35.5. The van der Waals surface area contributed by atoms with Gasteiger partial charge in [0.25, 0.3) is 5.56 Å². The number of nitrogens with zero attached hydrogens (tertiary/aromatic N) is 2. The molecule has 0 saturated heterocycles. The second kappa shape index (κ2) is 7.45. The Morgan fingerprint density at radius 3 is 2.69 bits per heavy atom. The number of esters is 1. The van der Waals surface area contributed by atoms with Crippen LogP contribution < -0.4 is 15.0 Å². The van der Waals surface area contributed by atoms with Gasteiger partial charge in [0.05, 0.1) is 24.9 Å². The van der Waals surface area contributed by atoms with Crippen molar-refractivity contribution in [2.75, 3.05) is 14.2 Å². The lowest BCUT2D eigenvalue weighted by Gasteiger charge is -2.10. The fraction of sp³-hybridized carbons (Fsp3) is 0.167. The van der Waals surface area contributed by atoms with E-state index < -0.39 is 5.97 Å². The van der Waals surface area contributed by atoms with Gasteiger partial charge in [-0.3, -0.25) is 9.20 Å². The van der Waals surface area contributed by atoms with Crippen LogP contribution in [0.1, 0.15) is 16.1 Å². The Kier molecular flexibility index (Phi) is 5.09. The summed E-state index contributed by atoms with van der Waals surface area (Å²) in [6.07, 6.45) is 1.48. The van der Waals surface area contributed by atoms with E-state index in [0.717, 1.165) is 0 Å². The van der Waals surface area contributed by atoms with Crippen LogP contribution in [-0.2, 0) is 11.3 Å². The number of ether oxygens (including phenoxy) is 3. The number of carbonyl (C=O) groups is 1. The van der Waals surface area contributed by atoms with Crippen molar-refractivity contribution in [3.63, 3.8) is 0 Å². The number of carbonyl (C=O) groups excluding carboxylic acids is 1. The van der Waals surface area contributed by atoms with Gasteiger partial charge in [-0.15, -0.1) is 0 Å². The highest BCUT2D eigenvalue weighted by Gasteiger charge is 2.16. The van der Waals surface area contributed by atoms with Gasteiger partial charge in [0.1, 0.15) is 29.3 Å². The Hall–Kier alpha value is -3.06. The average Bonchev–Trinajstić information content (AvgIpc) is 2.66. The Bertz CT molecular complexity index is 1030. The fourth-order valence-electron chi connectivity index (χ4n) is 2.39.